The Bertz CT molecular complexity index is 588. The molecule has 2 aromatic carbocycles. The lowest BCUT2D eigenvalue weighted by molar-refractivity contribution is 0.0960. The highest BCUT2D eigenvalue weighted by Gasteiger charge is 2.11. The zero-order valence-corrected chi connectivity index (χ0v) is 11.4. The van der Waals surface area contributed by atoms with Crippen LogP contribution in [0.25, 0.3) is 11.1 Å². The number of hydrogen-bond donors (Lipinski definition) is 1. The third kappa shape index (κ3) is 2.76. The molecule has 1 amide bonds. The lowest BCUT2D eigenvalue weighted by Crippen LogP contribution is -2.18. The number of methoxy groups -OCH3 is 1. The van der Waals surface area contributed by atoms with Gasteiger partial charge < -0.3 is 10.1 Å². The number of carbonyl (C=O) groups is 1. The van der Waals surface area contributed by atoms with Gasteiger partial charge in [-0.2, -0.15) is 0 Å². The summed E-state index contributed by atoms with van der Waals surface area (Å²) in [6.07, 6.45) is 0. The van der Waals surface area contributed by atoms with Crippen molar-refractivity contribution in [2.45, 2.75) is 6.92 Å². The molecule has 0 aliphatic heterocycles. The van der Waals surface area contributed by atoms with Gasteiger partial charge in [-0.05, 0) is 30.2 Å². The SMILES string of the molecule is CNC(=O)c1ccc(-c2ccc(C)cc2)cc1OC. The van der Waals surface area contributed by atoms with Crippen molar-refractivity contribution in [2.75, 3.05) is 14.2 Å². The minimum absolute atomic E-state index is 0.146. The van der Waals surface area contributed by atoms with E-state index in [1.807, 2.05) is 12.1 Å². The van der Waals surface area contributed by atoms with Gasteiger partial charge in [-0.25, -0.2) is 0 Å². The molecule has 0 saturated carbocycles. The molecule has 0 aromatic heterocycles. The molecule has 0 atom stereocenters. The van der Waals surface area contributed by atoms with E-state index >= 15 is 0 Å². The van der Waals surface area contributed by atoms with Crippen molar-refractivity contribution in [3.05, 3.63) is 53.6 Å². The highest BCUT2D eigenvalue weighted by Crippen LogP contribution is 2.27. The molecule has 3 heteroatoms. The van der Waals surface area contributed by atoms with E-state index in [2.05, 4.69) is 36.5 Å². The van der Waals surface area contributed by atoms with Crippen LogP contribution in [-0.2, 0) is 0 Å². The average Bonchev–Trinajstić information content (AvgIpc) is 2.46. The molecule has 3 nitrogen and oxygen atoms in total. The minimum Gasteiger partial charge on any atom is -0.496 e. The Morgan fingerprint density at radius 2 is 1.68 bits per heavy atom. The van der Waals surface area contributed by atoms with E-state index < -0.39 is 0 Å². The summed E-state index contributed by atoms with van der Waals surface area (Å²) in [6.45, 7) is 2.05. The number of nitrogens with one attached hydrogen (secondary N) is 1. The molecule has 1 N–H and O–H groups in total. The lowest BCUT2D eigenvalue weighted by Gasteiger charge is -2.10. The second kappa shape index (κ2) is 5.57. The van der Waals surface area contributed by atoms with Crippen molar-refractivity contribution >= 4 is 5.91 Å². The molecule has 0 saturated heterocycles. The third-order valence-corrected chi connectivity index (χ3v) is 3.06. The third-order valence-electron chi connectivity index (χ3n) is 3.06. The summed E-state index contributed by atoms with van der Waals surface area (Å²) in [6, 6.07) is 13.8. The highest BCUT2D eigenvalue weighted by molar-refractivity contribution is 5.97. The van der Waals surface area contributed by atoms with Crippen LogP contribution in [-0.4, -0.2) is 20.1 Å². The van der Waals surface area contributed by atoms with Gasteiger partial charge in [0.05, 0.1) is 12.7 Å². The van der Waals surface area contributed by atoms with Crippen LogP contribution >= 0.6 is 0 Å². The van der Waals surface area contributed by atoms with E-state index in [1.54, 1.807) is 20.2 Å². The standard InChI is InChI=1S/C16H17NO2/c1-11-4-6-12(7-5-11)13-8-9-14(16(18)17-2)15(10-13)19-3/h4-10H,1-3H3,(H,17,18). The Balaban J connectivity index is 2.44. The maximum Gasteiger partial charge on any atom is 0.254 e. The van der Waals surface area contributed by atoms with E-state index in [-0.39, 0.29) is 5.91 Å². The normalized spacial score (nSPS) is 10.1. The number of hydrogen-bond acceptors (Lipinski definition) is 2. The van der Waals surface area contributed by atoms with Crippen molar-refractivity contribution in [1.82, 2.24) is 5.32 Å². The molecule has 0 fully saturated rings. The molecule has 0 spiro atoms. The van der Waals surface area contributed by atoms with Gasteiger partial charge >= 0.3 is 0 Å². The minimum atomic E-state index is -0.146. The molecule has 0 heterocycles. The van der Waals surface area contributed by atoms with E-state index in [9.17, 15) is 4.79 Å². The topological polar surface area (TPSA) is 38.3 Å². The molecule has 0 radical (unpaired) electrons. The molecule has 2 rings (SSSR count). The van der Waals surface area contributed by atoms with Crippen LogP contribution in [0.4, 0.5) is 0 Å². The zero-order valence-electron chi connectivity index (χ0n) is 11.4. The first kappa shape index (κ1) is 13.1. The Hall–Kier alpha value is -2.29. The summed E-state index contributed by atoms with van der Waals surface area (Å²) >= 11 is 0. The van der Waals surface area contributed by atoms with Gasteiger partial charge in [0.25, 0.3) is 5.91 Å². The Morgan fingerprint density at radius 1 is 1.05 bits per heavy atom. The van der Waals surface area contributed by atoms with Crippen LogP contribution < -0.4 is 10.1 Å². The van der Waals surface area contributed by atoms with Gasteiger partial charge in [-0.3, -0.25) is 4.79 Å². The van der Waals surface area contributed by atoms with Gasteiger partial charge in [-0.15, -0.1) is 0 Å². The van der Waals surface area contributed by atoms with Crippen LogP contribution in [0, 0.1) is 6.92 Å². The maximum atomic E-state index is 11.7. The van der Waals surface area contributed by atoms with Gasteiger partial charge in [-0.1, -0.05) is 35.9 Å². The Labute approximate surface area is 113 Å². The van der Waals surface area contributed by atoms with Crippen molar-refractivity contribution in [3.8, 4) is 16.9 Å². The van der Waals surface area contributed by atoms with Crippen LogP contribution in [0.1, 0.15) is 15.9 Å². The van der Waals surface area contributed by atoms with Crippen LogP contribution in [0.15, 0.2) is 42.5 Å². The van der Waals surface area contributed by atoms with Gasteiger partial charge in [0.1, 0.15) is 5.75 Å². The smallest absolute Gasteiger partial charge is 0.254 e. The molecular formula is C16H17NO2. The first-order chi connectivity index (χ1) is 9.15. The average molecular weight is 255 g/mol. The molecular weight excluding hydrogens is 238 g/mol. The van der Waals surface area contributed by atoms with Crippen molar-refractivity contribution in [2.24, 2.45) is 0 Å². The quantitative estimate of drug-likeness (QED) is 0.915. The summed E-state index contributed by atoms with van der Waals surface area (Å²) in [5, 5.41) is 2.60. The van der Waals surface area contributed by atoms with E-state index in [0.29, 0.717) is 11.3 Å². The summed E-state index contributed by atoms with van der Waals surface area (Å²) in [4.78, 5) is 11.7. The number of benzene rings is 2. The molecule has 19 heavy (non-hydrogen) atoms. The Morgan fingerprint density at radius 3 is 2.26 bits per heavy atom. The molecule has 2 aromatic rings. The van der Waals surface area contributed by atoms with Gasteiger partial charge in [0, 0.05) is 7.05 Å². The molecule has 0 aliphatic rings. The predicted molar refractivity (Wildman–Crippen MR) is 76.6 cm³/mol. The van der Waals surface area contributed by atoms with E-state index in [4.69, 9.17) is 4.74 Å². The van der Waals surface area contributed by atoms with E-state index in [0.717, 1.165) is 11.1 Å². The maximum absolute atomic E-state index is 11.7. The zero-order chi connectivity index (χ0) is 13.8. The van der Waals surface area contributed by atoms with Crippen molar-refractivity contribution in [3.63, 3.8) is 0 Å². The number of amides is 1. The first-order valence-electron chi connectivity index (χ1n) is 6.13. The second-order valence-electron chi connectivity index (χ2n) is 4.36. The lowest BCUT2D eigenvalue weighted by atomic mass is 10.0. The number of ether oxygens (including phenoxy) is 1. The van der Waals surface area contributed by atoms with Crippen LogP contribution in [0.3, 0.4) is 0 Å². The van der Waals surface area contributed by atoms with Crippen LogP contribution in [0.5, 0.6) is 5.75 Å². The fourth-order valence-corrected chi connectivity index (χ4v) is 1.94. The largest absolute Gasteiger partial charge is 0.496 e. The monoisotopic (exact) mass is 255 g/mol. The first-order valence-corrected chi connectivity index (χ1v) is 6.13. The molecule has 0 unspecified atom stereocenters. The predicted octanol–water partition coefficient (Wildman–Crippen LogP) is 3.03. The second-order valence-corrected chi connectivity index (χ2v) is 4.36. The van der Waals surface area contributed by atoms with E-state index in [1.165, 1.54) is 5.56 Å². The number of aryl methyl sites for hydroxylation is 1. The molecule has 98 valence electrons. The molecule has 0 bridgehead atoms. The highest BCUT2D eigenvalue weighted by atomic mass is 16.5. The number of rotatable bonds is 3. The summed E-state index contributed by atoms with van der Waals surface area (Å²) < 4.78 is 5.29. The summed E-state index contributed by atoms with van der Waals surface area (Å²) in [5.74, 6) is 0.435. The van der Waals surface area contributed by atoms with Crippen LogP contribution in [0.2, 0.25) is 0 Å². The van der Waals surface area contributed by atoms with Gasteiger partial charge in [0.15, 0.2) is 0 Å². The summed E-state index contributed by atoms with van der Waals surface area (Å²) in [7, 11) is 3.18. The number of carbonyl (C=O) groups excluding carboxylic acids is 1. The van der Waals surface area contributed by atoms with Gasteiger partial charge in [0.2, 0.25) is 0 Å². The van der Waals surface area contributed by atoms with Crippen molar-refractivity contribution in [1.29, 1.82) is 0 Å². The Kier molecular flexibility index (Phi) is 3.85. The fourth-order valence-electron chi connectivity index (χ4n) is 1.94. The fraction of sp³-hybridized carbons (Fsp3) is 0.188. The van der Waals surface area contributed by atoms with Crippen molar-refractivity contribution < 1.29 is 9.53 Å². The summed E-state index contributed by atoms with van der Waals surface area (Å²) in [5.41, 5.74) is 3.90. The molecule has 0 aliphatic carbocycles.